The molecule has 0 bridgehead atoms. The third-order valence-electron chi connectivity index (χ3n) is 5.27. The Bertz CT molecular complexity index is 853. The van der Waals surface area contributed by atoms with Crippen LogP contribution in [0.2, 0.25) is 0 Å². The summed E-state index contributed by atoms with van der Waals surface area (Å²) in [6.07, 6.45) is 0.0336. The largest absolute Gasteiger partial charge is 0.486 e. The number of nitrogens with one attached hydrogen (secondary N) is 1. The van der Waals surface area contributed by atoms with E-state index in [0.717, 1.165) is 61.8 Å². The summed E-state index contributed by atoms with van der Waals surface area (Å²) in [4.78, 5) is 18.3. The number of urea groups is 1. The molecule has 1 aromatic carbocycles. The second-order valence-electron chi connectivity index (χ2n) is 7.08. The molecule has 0 spiro atoms. The number of para-hydroxylation sites is 2. The standard InChI is InChI=1S/C18H22N6O3S/c25-18-19-5-6-24(18)17-16(20-28-21-17)23-9-7-22(8-10-23)11-13-12-26-14-3-1-2-4-15(14)27-13/h1-4,13H,5-12H2,(H,19,25)/t13-/m0/s1. The normalized spacial score (nSPS) is 22.4. The molecule has 10 heteroatoms. The van der Waals surface area contributed by atoms with Gasteiger partial charge in [-0.2, -0.15) is 8.75 Å². The summed E-state index contributed by atoms with van der Waals surface area (Å²) in [5.41, 5.74) is 0. The third kappa shape index (κ3) is 3.33. The summed E-state index contributed by atoms with van der Waals surface area (Å²) < 4.78 is 20.7. The molecule has 1 aromatic heterocycles. The van der Waals surface area contributed by atoms with Gasteiger partial charge >= 0.3 is 6.03 Å². The van der Waals surface area contributed by atoms with Gasteiger partial charge in [0.25, 0.3) is 0 Å². The van der Waals surface area contributed by atoms with Crippen LogP contribution in [0, 0.1) is 0 Å². The first-order chi connectivity index (χ1) is 13.8. The molecule has 2 saturated heterocycles. The molecule has 5 rings (SSSR count). The number of hydrogen-bond donors (Lipinski definition) is 1. The lowest BCUT2D eigenvalue weighted by molar-refractivity contribution is 0.0571. The number of piperazine rings is 1. The van der Waals surface area contributed by atoms with Crippen LogP contribution < -0.4 is 24.6 Å². The molecule has 2 fully saturated rings. The maximum absolute atomic E-state index is 12.0. The van der Waals surface area contributed by atoms with E-state index >= 15 is 0 Å². The van der Waals surface area contributed by atoms with Crippen molar-refractivity contribution in [3.63, 3.8) is 0 Å². The smallest absolute Gasteiger partial charge is 0.323 e. The fourth-order valence-corrected chi connectivity index (χ4v) is 4.38. The highest BCUT2D eigenvalue weighted by molar-refractivity contribution is 6.99. The van der Waals surface area contributed by atoms with Gasteiger partial charge in [-0.1, -0.05) is 12.1 Å². The number of carbonyl (C=O) groups excluding carboxylic acids is 1. The van der Waals surface area contributed by atoms with Crippen molar-refractivity contribution in [2.45, 2.75) is 6.10 Å². The first kappa shape index (κ1) is 17.5. The van der Waals surface area contributed by atoms with Crippen LogP contribution >= 0.6 is 11.7 Å². The summed E-state index contributed by atoms with van der Waals surface area (Å²) >= 11 is 1.16. The quantitative estimate of drug-likeness (QED) is 0.818. The lowest BCUT2D eigenvalue weighted by Gasteiger charge is -2.37. The molecule has 1 N–H and O–H groups in total. The van der Waals surface area contributed by atoms with Crippen molar-refractivity contribution >= 4 is 29.4 Å². The van der Waals surface area contributed by atoms with Gasteiger partial charge in [0.15, 0.2) is 23.1 Å². The van der Waals surface area contributed by atoms with Gasteiger partial charge < -0.3 is 19.7 Å². The van der Waals surface area contributed by atoms with Gasteiger partial charge in [-0.05, 0) is 12.1 Å². The Morgan fingerprint density at radius 1 is 1.07 bits per heavy atom. The first-order valence-corrected chi connectivity index (χ1v) is 10.2. The molecule has 148 valence electrons. The van der Waals surface area contributed by atoms with Crippen molar-refractivity contribution < 1.29 is 14.3 Å². The Kier molecular flexibility index (Phi) is 4.65. The number of benzene rings is 1. The number of nitrogens with zero attached hydrogens (tertiary/aromatic N) is 5. The number of fused-ring (bicyclic) bond motifs is 1. The predicted octanol–water partition coefficient (Wildman–Crippen LogP) is 1.03. The zero-order chi connectivity index (χ0) is 18.9. The van der Waals surface area contributed by atoms with Crippen LogP contribution in [-0.4, -0.2) is 78.2 Å². The number of amides is 2. The van der Waals surface area contributed by atoms with Gasteiger partial charge in [0.2, 0.25) is 0 Å². The minimum absolute atomic E-state index is 0.0336. The molecule has 0 radical (unpaired) electrons. The van der Waals surface area contributed by atoms with E-state index in [0.29, 0.717) is 25.5 Å². The second-order valence-corrected chi connectivity index (χ2v) is 7.61. The maximum atomic E-state index is 12.0. The Balaban J connectivity index is 1.18. The van der Waals surface area contributed by atoms with Gasteiger partial charge in [-0.25, -0.2) is 4.79 Å². The minimum atomic E-state index is -0.0951. The van der Waals surface area contributed by atoms with E-state index in [1.54, 1.807) is 4.90 Å². The van der Waals surface area contributed by atoms with Crippen molar-refractivity contribution in [3.05, 3.63) is 24.3 Å². The summed E-state index contributed by atoms with van der Waals surface area (Å²) in [7, 11) is 0. The number of rotatable bonds is 4. The fraction of sp³-hybridized carbons (Fsp3) is 0.500. The van der Waals surface area contributed by atoms with Crippen molar-refractivity contribution in [3.8, 4) is 11.5 Å². The van der Waals surface area contributed by atoms with Crippen LogP contribution in [0.1, 0.15) is 0 Å². The van der Waals surface area contributed by atoms with Gasteiger partial charge in [0.05, 0.1) is 11.7 Å². The number of aromatic nitrogens is 2. The Labute approximate surface area is 167 Å². The van der Waals surface area contributed by atoms with Crippen molar-refractivity contribution in [2.24, 2.45) is 0 Å². The van der Waals surface area contributed by atoms with E-state index in [1.807, 2.05) is 24.3 Å². The summed E-state index contributed by atoms with van der Waals surface area (Å²) in [6.45, 7) is 6.19. The number of hydrogen-bond acceptors (Lipinski definition) is 8. The molecular formula is C18H22N6O3S. The van der Waals surface area contributed by atoms with Gasteiger partial charge in [0.1, 0.15) is 12.7 Å². The van der Waals surface area contributed by atoms with Crippen molar-refractivity contribution in [1.29, 1.82) is 0 Å². The highest BCUT2D eigenvalue weighted by Gasteiger charge is 2.31. The molecule has 0 unspecified atom stereocenters. The highest BCUT2D eigenvalue weighted by atomic mass is 32.1. The summed E-state index contributed by atoms with van der Waals surface area (Å²) in [5, 5.41) is 2.82. The van der Waals surface area contributed by atoms with Gasteiger partial charge in [0, 0.05) is 45.8 Å². The van der Waals surface area contributed by atoms with Crippen LogP contribution in [-0.2, 0) is 0 Å². The highest BCUT2D eigenvalue weighted by Crippen LogP contribution is 2.32. The average Bonchev–Trinajstić information content (AvgIpc) is 3.37. The van der Waals surface area contributed by atoms with E-state index in [4.69, 9.17) is 9.47 Å². The molecule has 3 aliphatic rings. The number of anilines is 2. The molecule has 9 nitrogen and oxygen atoms in total. The Morgan fingerprint density at radius 2 is 1.86 bits per heavy atom. The SMILES string of the molecule is O=C1NCCN1c1nsnc1N1CCN(C[C@H]2COc3ccccc3O2)CC1. The molecule has 2 aromatic rings. The zero-order valence-corrected chi connectivity index (χ0v) is 16.2. The molecule has 0 saturated carbocycles. The topological polar surface area (TPSA) is 83.1 Å². The second kappa shape index (κ2) is 7.44. The van der Waals surface area contributed by atoms with E-state index in [-0.39, 0.29) is 12.1 Å². The Hall–Kier alpha value is -2.59. The van der Waals surface area contributed by atoms with Gasteiger partial charge in [-0.15, -0.1) is 0 Å². The molecule has 2 amide bonds. The van der Waals surface area contributed by atoms with E-state index in [9.17, 15) is 4.79 Å². The molecule has 4 heterocycles. The molecule has 0 aliphatic carbocycles. The minimum Gasteiger partial charge on any atom is -0.486 e. The van der Waals surface area contributed by atoms with E-state index in [2.05, 4.69) is 23.9 Å². The van der Waals surface area contributed by atoms with Crippen LogP contribution in [0.5, 0.6) is 11.5 Å². The third-order valence-corrected chi connectivity index (χ3v) is 5.78. The maximum Gasteiger partial charge on any atom is 0.323 e. The molecule has 1 atom stereocenters. The summed E-state index contributed by atoms with van der Waals surface area (Å²) in [6, 6.07) is 7.70. The molecule has 28 heavy (non-hydrogen) atoms. The lowest BCUT2D eigenvalue weighted by atomic mass is 10.2. The zero-order valence-electron chi connectivity index (χ0n) is 15.4. The van der Waals surface area contributed by atoms with Crippen molar-refractivity contribution in [2.75, 3.05) is 62.2 Å². The number of carbonyl (C=O) groups is 1. The fourth-order valence-electron chi connectivity index (χ4n) is 3.81. The average molecular weight is 402 g/mol. The monoisotopic (exact) mass is 402 g/mol. The molecular weight excluding hydrogens is 380 g/mol. The van der Waals surface area contributed by atoms with E-state index in [1.165, 1.54) is 0 Å². The van der Waals surface area contributed by atoms with Gasteiger partial charge in [-0.3, -0.25) is 9.80 Å². The Morgan fingerprint density at radius 3 is 2.64 bits per heavy atom. The van der Waals surface area contributed by atoms with E-state index < -0.39 is 0 Å². The molecule has 3 aliphatic heterocycles. The van der Waals surface area contributed by atoms with Crippen LogP contribution in [0.3, 0.4) is 0 Å². The van der Waals surface area contributed by atoms with Crippen molar-refractivity contribution in [1.82, 2.24) is 19.0 Å². The van der Waals surface area contributed by atoms with Crippen LogP contribution in [0.25, 0.3) is 0 Å². The van der Waals surface area contributed by atoms with Crippen LogP contribution in [0.15, 0.2) is 24.3 Å². The number of ether oxygens (including phenoxy) is 2. The lowest BCUT2D eigenvalue weighted by Crippen LogP contribution is -2.51. The first-order valence-electron chi connectivity index (χ1n) is 9.51. The van der Waals surface area contributed by atoms with Crippen LogP contribution in [0.4, 0.5) is 16.4 Å². The predicted molar refractivity (Wildman–Crippen MR) is 106 cm³/mol. The summed E-state index contributed by atoms with van der Waals surface area (Å²) in [5.74, 6) is 3.12.